The Morgan fingerprint density at radius 3 is 2.65 bits per heavy atom. The van der Waals surface area contributed by atoms with Crippen molar-refractivity contribution in [2.75, 3.05) is 12.3 Å². The topological polar surface area (TPSA) is 55.1 Å². The van der Waals surface area contributed by atoms with Crippen LogP contribution in [0.3, 0.4) is 0 Å². The van der Waals surface area contributed by atoms with Crippen molar-refractivity contribution in [3.05, 3.63) is 29.6 Å². The Morgan fingerprint density at radius 2 is 2.06 bits per heavy atom. The fourth-order valence-electron chi connectivity index (χ4n) is 1.31. The number of nitrogens with two attached hydrogens (primary N) is 1. The number of hydrogen-bond acceptors (Lipinski definition) is 2. The van der Waals surface area contributed by atoms with Gasteiger partial charge in [0.2, 0.25) is 0 Å². The molecule has 1 amide bonds. The van der Waals surface area contributed by atoms with Gasteiger partial charge in [0.05, 0.1) is 5.56 Å². The van der Waals surface area contributed by atoms with Crippen molar-refractivity contribution in [1.82, 2.24) is 5.32 Å². The maximum absolute atomic E-state index is 13.0. The lowest BCUT2D eigenvalue weighted by Crippen LogP contribution is -2.30. The monoisotopic (exact) mass is 238 g/mol. The second-order valence-corrected chi connectivity index (χ2v) is 4.66. The van der Waals surface area contributed by atoms with Gasteiger partial charge in [-0.15, -0.1) is 0 Å². The normalized spacial score (nSPS) is 12.5. The van der Waals surface area contributed by atoms with Gasteiger partial charge in [-0.25, -0.2) is 4.39 Å². The highest BCUT2D eigenvalue weighted by Crippen LogP contribution is 2.14. The van der Waals surface area contributed by atoms with Crippen molar-refractivity contribution in [3.63, 3.8) is 0 Å². The second kappa shape index (κ2) is 5.66. The molecule has 0 spiro atoms. The van der Waals surface area contributed by atoms with Crippen molar-refractivity contribution in [2.45, 2.75) is 20.8 Å². The Hall–Kier alpha value is -1.58. The summed E-state index contributed by atoms with van der Waals surface area (Å²) in [6.45, 7) is 6.80. The number of benzene rings is 1. The molecule has 0 fully saturated rings. The maximum atomic E-state index is 13.0. The smallest absolute Gasteiger partial charge is 0.253 e. The quantitative estimate of drug-likeness (QED) is 0.791. The Balaban J connectivity index is 2.67. The molecule has 0 bridgehead atoms. The number of halogens is 1. The average Bonchev–Trinajstić information content (AvgIpc) is 2.28. The third-order valence-corrected chi connectivity index (χ3v) is 2.98. The van der Waals surface area contributed by atoms with Gasteiger partial charge in [0, 0.05) is 12.2 Å². The predicted molar refractivity (Wildman–Crippen MR) is 67.1 cm³/mol. The van der Waals surface area contributed by atoms with Crippen LogP contribution in [0.15, 0.2) is 18.2 Å². The van der Waals surface area contributed by atoms with E-state index in [1.165, 1.54) is 12.1 Å². The molecule has 1 unspecified atom stereocenters. The third-order valence-electron chi connectivity index (χ3n) is 2.98. The van der Waals surface area contributed by atoms with Gasteiger partial charge in [0.15, 0.2) is 0 Å². The maximum Gasteiger partial charge on any atom is 0.253 e. The highest BCUT2D eigenvalue weighted by atomic mass is 19.1. The molecule has 0 aliphatic carbocycles. The molecule has 0 heterocycles. The van der Waals surface area contributed by atoms with Crippen molar-refractivity contribution in [2.24, 2.45) is 11.8 Å². The molecule has 0 aliphatic heterocycles. The van der Waals surface area contributed by atoms with Crippen LogP contribution in [0, 0.1) is 17.7 Å². The van der Waals surface area contributed by atoms with E-state index in [1.54, 1.807) is 0 Å². The summed E-state index contributed by atoms with van der Waals surface area (Å²) < 4.78 is 13.0. The number of anilines is 1. The first-order valence-electron chi connectivity index (χ1n) is 5.75. The minimum atomic E-state index is -0.457. The minimum absolute atomic E-state index is 0.195. The van der Waals surface area contributed by atoms with Crippen molar-refractivity contribution in [1.29, 1.82) is 0 Å². The molecular formula is C13H19FN2O. The van der Waals surface area contributed by atoms with Crippen molar-refractivity contribution in [3.8, 4) is 0 Å². The lowest BCUT2D eigenvalue weighted by Gasteiger charge is -2.16. The summed E-state index contributed by atoms with van der Waals surface area (Å²) in [7, 11) is 0. The van der Waals surface area contributed by atoms with Crippen LogP contribution in [0.5, 0.6) is 0 Å². The first kappa shape index (κ1) is 13.5. The molecule has 0 aliphatic rings. The molecule has 3 nitrogen and oxygen atoms in total. The SMILES string of the molecule is CC(C)C(C)CNC(=O)c1cc(F)ccc1N. The number of carbonyl (C=O) groups is 1. The van der Waals surface area contributed by atoms with Gasteiger partial charge in [-0.1, -0.05) is 20.8 Å². The summed E-state index contributed by atoms with van der Waals surface area (Å²) in [6.07, 6.45) is 0. The molecule has 0 saturated carbocycles. The summed E-state index contributed by atoms with van der Waals surface area (Å²) in [5.74, 6) is 0.0737. The van der Waals surface area contributed by atoms with Crippen molar-refractivity contribution >= 4 is 11.6 Å². The zero-order valence-corrected chi connectivity index (χ0v) is 10.5. The number of nitrogens with one attached hydrogen (secondary N) is 1. The zero-order valence-electron chi connectivity index (χ0n) is 10.5. The molecular weight excluding hydrogens is 219 g/mol. The Bertz CT molecular complexity index is 404. The molecule has 3 N–H and O–H groups in total. The van der Waals surface area contributed by atoms with Crippen LogP contribution in [0.4, 0.5) is 10.1 Å². The van der Waals surface area contributed by atoms with Crippen LogP contribution in [-0.4, -0.2) is 12.5 Å². The van der Waals surface area contributed by atoms with Gasteiger partial charge >= 0.3 is 0 Å². The molecule has 1 aromatic carbocycles. The first-order valence-corrected chi connectivity index (χ1v) is 5.75. The van der Waals surface area contributed by atoms with Gasteiger partial charge in [-0.3, -0.25) is 4.79 Å². The molecule has 0 aromatic heterocycles. The summed E-state index contributed by atoms with van der Waals surface area (Å²) >= 11 is 0. The molecule has 17 heavy (non-hydrogen) atoms. The van der Waals surface area contributed by atoms with Gasteiger partial charge in [0.25, 0.3) is 5.91 Å². The Labute approximate surface area is 101 Å². The number of rotatable bonds is 4. The van der Waals surface area contributed by atoms with Gasteiger partial charge in [-0.05, 0) is 30.0 Å². The van der Waals surface area contributed by atoms with Crippen LogP contribution in [0.1, 0.15) is 31.1 Å². The summed E-state index contributed by atoms with van der Waals surface area (Å²) in [5.41, 5.74) is 6.12. The molecule has 1 aromatic rings. The standard InChI is InChI=1S/C13H19FN2O/c1-8(2)9(3)7-16-13(17)11-6-10(14)4-5-12(11)15/h4-6,8-9H,7,15H2,1-3H3,(H,16,17). The molecule has 1 rings (SSSR count). The van der Waals surface area contributed by atoms with E-state index >= 15 is 0 Å². The van der Waals surface area contributed by atoms with E-state index in [0.29, 0.717) is 24.1 Å². The van der Waals surface area contributed by atoms with Gasteiger partial charge in [0.1, 0.15) is 5.82 Å². The minimum Gasteiger partial charge on any atom is -0.398 e. The third kappa shape index (κ3) is 3.73. The lowest BCUT2D eigenvalue weighted by atomic mass is 9.98. The Morgan fingerprint density at radius 1 is 1.41 bits per heavy atom. The number of amides is 1. The highest BCUT2D eigenvalue weighted by molar-refractivity contribution is 5.99. The van der Waals surface area contributed by atoms with E-state index in [2.05, 4.69) is 26.1 Å². The molecule has 94 valence electrons. The van der Waals surface area contributed by atoms with E-state index in [-0.39, 0.29) is 11.5 Å². The van der Waals surface area contributed by atoms with E-state index in [4.69, 9.17) is 5.73 Å². The second-order valence-electron chi connectivity index (χ2n) is 4.66. The largest absolute Gasteiger partial charge is 0.398 e. The van der Waals surface area contributed by atoms with Crippen LogP contribution in [-0.2, 0) is 0 Å². The van der Waals surface area contributed by atoms with Crippen molar-refractivity contribution < 1.29 is 9.18 Å². The first-order chi connectivity index (χ1) is 7.91. The zero-order chi connectivity index (χ0) is 13.0. The molecule has 0 saturated heterocycles. The van der Waals surface area contributed by atoms with E-state index in [0.717, 1.165) is 6.07 Å². The van der Waals surface area contributed by atoms with E-state index < -0.39 is 5.82 Å². The van der Waals surface area contributed by atoms with Crippen LogP contribution in [0.2, 0.25) is 0 Å². The van der Waals surface area contributed by atoms with Crippen LogP contribution in [0.25, 0.3) is 0 Å². The molecule has 1 atom stereocenters. The highest BCUT2D eigenvalue weighted by Gasteiger charge is 2.13. The molecule has 0 radical (unpaired) electrons. The summed E-state index contributed by atoms with van der Waals surface area (Å²) in [6, 6.07) is 3.80. The fraction of sp³-hybridized carbons (Fsp3) is 0.462. The van der Waals surface area contributed by atoms with Gasteiger partial charge in [-0.2, -0.15) is 0 Å². The van der Waals surface area contributed by atoms with E-state index in [1.807, 2.05) is 0 Å². The fourth-order valence-corrected chi connectivity index (χ4v) is 1.31. The van der Waals surface area contributed by atoms with E-state index in [9.17, 15) is 9.18 Å². The van der Waals surface area contributed by atoms with Crippen LogP contribution < -0.4 is 11.1 Å². The lowest BCUT2D eigenvalue weighted by molar-refractivity contribution is 0.0945. The predicted octanol–water partition coefficient (Wildman–Crippen LogP) is 2.43. The van der Waals surface area contributed by atoms with Gasteiger partial charge < -0.3 is 11.1 Å². The van der Waals surface area contributed by atoms with Crippen LogP contribution >= 0.6 is 0 Å². The molecule has 4 heteroatoms. The Kier molecular flexibility index (Phi) is 4.49. The summed E-state index contributed by atoms with van der Waals surface area (Å²) in [5, 5.41) is 2.76. The number of hydrogen-bond donors (Lipinski definition) is 2. The number of carbonyl (C=O) groups excluding carboxylic acids is 1. The number of nitrogen functional groups attached to an aromatic ring is 1. The average molecular weight is 238 g/mol. The summed E-state index contributed by atoms with van der Waals surface area (Å²) in [4.78, 5) is 11.8.